The SMILES string of the molecule is [2H]c1c([2H])c(/C(CC)=C(\CC)c2c([2H])c([2H])c(O)c([2H])c2[2H])c([2H])c([2H])c1O. The summed E-state index contributed by atoms with van der Waals surface area (Å²) in [6, 6.07) is -4.17. The molecule has 0 saturated heterocycles. The van der Waals surface area contributed by atoms with Crippen LogP contribution in [0.1, 0.15) is 48.8 Å². The lowest BCUT2D eigenvalue weighted by Gasteiger charge is -2.14. The van der Waals surface area contributed by atoms with Gasteiger partial charge >= 0.3 is 0 Å². The number of phenols is 2. The lowest BCUT2D eigenvalue weighted by atomic mass is 9.91. The molecule has 2 rings (SSSR count). The quantitative estimate of drug-likeness (QED) is 0.785. The molecule has 2 N–H and O–H groups in total. The van der Waals surface area contributed by atoms with Crippen molar-refractivity contribution in [3.8, 4) is 11.5 Å². The number of allylic oxidation sites excluding steroid dienone is 2. The van der Waals surface area contributed by atoms with E-state index >= 15 is 0 Å². The van der Waals surface area contributed by atoms with Crippen LogP contribution in [0.25, 0.3) is 11.1 Å². The van der Waals surface area contributed by atoms with E-state index in [2.05, 4.69) is 0 Å². The smallest absolute Gasteiger partial charge is 0.115 e. The predicted molar refractivity (Wildman–Crippen MR) is 83.6 cm³/mol. The van der Waals surface area contributed by atoms with Crippen molar-refractivity contribution in [2.24, 2.45) is 0 Å². The molecule has 2 aromatic carbocycles. The van der Waals surface area contributed by atoms with E-state index in [-0.39, 0.29) is 24.0 Å². The number of rotatable bonds is 4. The highest BCUT2D eigenvalue weighted by atomic mass is 16.3. The van der Waals surface area contributed by atoms with Crippen LogP contribution < -0.4 is 0 Å². The van der Waals surface area contributed by atoms with E-state index in [1.54, 1.807) is 13.8 Å². The minimum absolute atomic E-state index is 0.0583. The molecule has 0 bridgehead atoms. The standard InChI is InChI=1S/C18H20O2/c1-3-17(13-5-9-15(19)10-6-13)18(4-2)14-7-11-16(20)12-8-14/h5-12,19-20H,3-4H2,1-2H3/b18-17+/i5D,6D,7D,8D,9D,10D,11D,12D. The van der Waals surface area contributed by atoms with E-state index in [4.69, 9.17) is 11.0 Å². The van der Waals surface area contributed by atoms with Gasteiger partial charge in [-0.2, -0.15) is 0 Å². The third kappa shape index (κ3) is 3.02. The third-order valence-electron chi connectivity index (χ3n) is 2.90. The van der Waals surface area contributed by atoms with Gasteiger partial charge in [-0.15, -0.1) is 0 Å². The fraction of sp³-hybridized carbons (Fsp3) is 0.222. The van der Waals surface area contributed by atoms with Gasteiger partial charge in [-0.1, -0.05) is 38.0 Å². The average molecular weight is 276 g/mol. The lowest BCUT2D eigenvalue weighted by Crippen LogP contribution is -1.91. The number of hydrogen-bond acceptors (Lipinski definition) is 2. The Hall–Kier alpha value is -2.22. The largest absolute Gasteiger partial charge is 0.508 e. The first-order valence-electron chi connectivity index (χ1n) is 10.3. The van der Waals surface area contributed by atoms with Crippen LogP contribution in [0.4, 0.5) is 0 Å². The van der Waals surface area contributed by atoms with Crippen molar-refractivity contribution < 1.29 is 21.2 Å². The third-order valence-corrected chi connectivity index (χ3v) is 2.90. The Morgan fingerprint density at radius 3 is 1.30 bits per heavy atom. The molecule has 0 atom stereocenters. The first kappa shape index (κ1) is 6.98. The molecule has 0 aliphatic carbocycles. The highest BCUT2D eigenvalue weighted by Gasteiger charge is 2.09. The Morgan fingerprint density at radius 2 is 1.05 bits per heavy atom. The Morgan fingerprint density at radius 1 is 0.750 bits per heavy atom. The summed E-state index contributed by atoms with van der Waals surface area (Å²) in [6.07, 6.45) is 0.454. The maximum atomic E-state index is 9.78. The summed E-state index contributed by atoms with van der Waals surface area (Å²) < 4.78 is 64.1. The van der Waals surface area contributed by atoms with Gasteiger partial charge in [-0.05, 0) is 59.3 Å². The van der Waals surface area contributed by atoms with Crippen LogP contribution in [0.2, 0.25) is 0 Å². The van der Waals surface area contributed by atoms with E-state index in [1.807, 2.05) is 0 Å². The highest BCUT2D eigenvalue weighted by Crippen LogP contribution is 2.32. The maximum absolute atomic E-state index is 9.78. The number of benzene rings is 2. The molecule has 2 aromatic rings. The summed E-state index contributed by atoms with van der Waals surface area (Å²) in [7, 11) is 0. The van der Waals surface area contributed by atoms with E-state index in [9.17, 15) is 10.2 Å². The normalized spacial score (nSPS) is 17.7. The lowest BCUT2D eigenvalue weighted by molar-refractivity contribution is 0.474. The monoisotopic (exact) mass is 276 g/mol. The van der Waals surface area contributed by atoms with Crippen molar-refractivity contribution in [3.63, 3.8) is 0 Å². The molecule has 2 nitrogen and oxygen atoms in total. The molecule has 0 aliphatic rings. The second-order valence-electron chi connectivity index (χ2n) is 4.11. The van der Waals surface area contributed by atoms with Gasteiger partial charge in [0.15, 0.2) is 0 Å². The fourth-order valence-electron chi connectivity index (χ4n) is 2.00. The summed E-state index contributed by atoms with van der Waals surface area (Å²) in [5, 5.41) is 19.6. The van der Waals surface area contributed by atoms with Crippen LogP contribution in [0, 0.1) is 0 Å². The molecular formula is C18H20O2. The summed E-state index contributed by atoms with van der Waals surface area (Å²) in [4.78, 5) is 0. The highest BCUT2D eigenvalue weighted by molar-refractivity contribution is 5.90. The van der Waals surface area contributed by atoms with E-state index < -0.39 is 59.8 Å². The van der Waals surface area contributed by atoms with Crippen molar-refractivity contribution in [2.45, 2.75) is 26.7 Å². The van der Waals surface area contributed by atoms with E-state index in [0.717, 1.165) is 0 Å². The predicted octanol–water partition coefficient (Wildman–Crippen LogP) is 4.83. The van der Waals surface area contributed by atoms with Crippen LogP contribution in [-0.2, 0) is 0 Å². The molecular weight excluding hydrogens is 248 g/mol. The zero-order chi connectivity index (χ0) is 21.5. The van der Waals surface area contributed by atoms with Crippen molar-refractivity contribution in [1.29, 1.82) is 0 Å². The van der Waals surface area contributed by atoms with Crippen LogP contribution in [0.5, 0.6) is 11.5 Å². The fourth-order valence-corrected chi connectivity index (χ4v) is 2.00. The molecule has 0 heterocycles. The summed E-state index contributed by atoms with van der Waals surface area (Å²) in [6.45, 7) is 3.42. The Labute approximate surface area is 131 Å². The molecule has 0 aliphatic heterocycles. The Bertz CT molecular complexity index is 861. The molecule has 2 heteroatoms. The molecule has 0 aromatic heterocycles. The van der Waals surface area contributed by atoms with Crippen molar-refractivity contribution in [3.05, 3.63) is 59.5 Å². The average Bonchev–Trinajstić information content (AvgIpc) is 2.68. The number of phenolic OH excluding ortho intramolecular Hbond substituents is 2. The van der Waals surface area contributed by atoms with Gasteiger partial charge in [0, 0.05) is 0 Å². The first-order chi connectivity index (χ1) is 13.0. The molecule has 0 fully saturated rings. The molecule has 0 radical (unpaired) electrons. The van der Waals surface area contributed by atoms with Crippen molar-refractivity contribution in [2.75, 3.05) is 0 Å². The number of aromatic hydroxyl groups is 2. The van der Waals surface area contributed by atoms with Gasteiger partial charge in [0.25, 0.3) is 0 Å². The second-order valence-corrected chi connectivity index (χ2v) is 4.11. The van der Waals surface area contributed by atoms with Crippen molar-refractivity contribution in [1.82, 2.24) is 0 Å². The van der Waals surface area contributed by atoms with Crippen molar-refractivity contribution >= 4 is 11.1 Å². The van der Waals surface area contributed by atoms with Crippen LogP contribution >= 0.6 is 0 Å². The van der Waals surface area contributed by atoms with Crippen LogP contribution in [0.15, 0.2) is 48.3 Å². The minimum Gasteiger partial charge on any atom is -0.508 e. The van der Waals surface area contributed by atoms with Gasteiger partial charge in [-0.25, -0.2) is 0 Å². The van der Waals surface area contributed by atoms with E-state index in [1.165, 1.54) is 0 Å². The minimum atomic E-state index is -0.763. The second kappa shape index (κ2) is 6.29. The summed E-state index contributed by atoms with van der Waals surface area (Å²) in [5.41, 5.74) is 0.533. The summed E-state index contributed by atoms with van der Waals surface area (Å²) >= 11 is 0. The zero-order valence-electron chi connectivity index (χ0n) is 19.3. The van der Waals surface area contributed by atoms with Crippen LogP contribution in [0.3, 0.4) is 0 Å². The molecule has 0 saturated carbocycles. The molecule has 20 heavy (non-hydrogen) atoms. The van der Waals surface area contributed by atoms with Gasteiger partial charge in [-0.3, -0.25) is 0 Å². The van der Waals surface area contributed by atoms with Gasteiger partial charge in [0.05, 0.1) is 11.0 Å². The first-order valence-corrected chi connectivity index (χ1v) is 6.32. The number of hydrogen-bond donors (Lipinski definition) is 2. The van der Waals surface area contributed by atoms with Gasteiger partial charge < -0.3 is 10.2 Å². The molecule has 0 unspecified atom stereocenters. The van der Waals surface area contributed by atoms with E-state index in [0.29, 0.717) is 11.1 Å². The molecule has 0 amide bonds. The van der Waals surface area contributed by atoms with Gasteiger partial charge in [0.1, 0.15) is 11.5 Å². The summed E-state index contributed by atoms with van der Waals surface area (Å²) in [5.74, 6) is -1.53. The van der Waals surface area contributed by atoms with Crippen LogP contribution in [-0.4, -0.2) is 10.2 Å². The Balaban J connectivity index is 3.04. The molecule has 104 valence electrons. The van der Waals surface area contributed by atoms with Gasteiger partial charge in [0.2, 0.25) is 0 Å². The maximum Gasteiger partial charge on any atom is 0.115 e. The Kier molecular flexibility index (Phi) is 2.19. The molecule has 0 spiro atoms. The topological polar surface area (TPSA) is 40.5 Å². The zero-order valence-corrected chi connectivity index (χ0v) is 11.3.